The number of hydrogen-bond donors (Lipinski definition) is 0. The van der Waals surface area contributed by atoms with Crippen molar-refractivity contribution in [2.75, 3.05) is 34.4 Å². The van der Waals surface area contributed by atoms with Gasteiger partial charge in [-0.15, -0.1) is 0 Å². The second-order valence-corrected chi connectivity index (χ2v) is 8.32. The zero-order chi connectivity index (χ0) is 24.0. The van der Waals surface area contributed by atoms with Crippen molar-refractivity contribution in [3.05, 3.63) is 70.2 Å². The fourth-order valence-electron chi connectivity index (χ4n) is 3.12. The molecular weight excluding hydrogens is 486 g/mol. The first kappa shape index (κ1) is 24.3. The summed E-state index contributed by atoms with van der Waals surface area (Å²) in [7, 11) is 4.96. The summed E-state index contributed by atoms with van der Waals surface area (Å²) in [6, 6.07) is 14.9. The van der Waals surface area contributed by atoms with E-state index in [0.29, 0.717) is 28.1 Å². The molecule has 0 spiro atoms. The molecular formula is C26H26BrNO5. The number of rotatable bonds is 9. The number of benzene rings is 3. The lowest BCUT2D eigenvalue weighted by molar-refractivity contribution is -0.130. The Morgan fingerprint density at radius 2 is 1.73 bits per heavy atom. The number of nitrogens with zero attached hydrogens (tertiary/aromatic N) is 1. The summed E-state index contributed by atoms with van der Waals surface area (Å²) >= 11 is 3.49. The molecule has 0 N–H and O–H groups in total. The average Bonchev–Trinajstić information content (AvgIpc) is 2.81. The predicted molar refractivity (Wildman–Crippen MR) is 133 cm³/mol. The fraction of sp³-hybridized carbons (Fsp3) is 0.231. The van der Waals surface area contributed by atoms with Gasteiger partial charge < -0.3 is 19.1 Å². The number of ether oxygens (including phenoxy) is 3. The third kappa shape index (κ3) is 6.14. The largest absolute Gasteiger partial charge is 0.497 e. The molecule has 0 atom stereocenters. The van der Waals surface area contributed by atoms with Crippen LogP contribution in [-0.2, 0) is 4.79 Å². The van der Waals surface area contributed by atoms with Crippen LogP contribution < -0.4 is 14.2 Å². The van der Waals surface area contributed by atoms with Crippen molar-refractivity contribution in [3.8, 4) is 17.2 Å². The lowest BCUT2D eigenvalue weighted by Crippen LogP contribution is -2.27. The van der Waals surface area contributed by atoms with Gasteiger partial charge in [-0.05, 0) is 75.6 Å². The molecule has 0 radical (unpaired) electrons. The van der Waals surface area contributed by atoms with Gasteiger partial charge in [0.05, 0.1) is 18.2 Å². The first-order valence-electron chi connectivity index (χ1n) is 10.4. The highest BCUT2D eigenvalue weighted by atomic mass is 79.9. The standard InChI is InChI=1S/C26H26BrNO5/c1-5-32-24-13-17(12-22(27)26(24)33-16-25(30)28(2)3)6-11-23(29)20-8-7-19-15-21(31-4)10-9-18(19)14-20/h6-15H,5,16H2,1-4H3/b11-6+. The molecule has 0 saturated heterocycles. The topological polar surface area (TPSA) is 65.1 Å². The molecule has 0 aromatic heterocycles. The van der Waals surface area contributed by atoms with E-state index in [0.717, 1.165) is 22.1 Å². The Balaban J connectivity index is 1.81. The van der Waals surface area contributed by atoms with Crippen LogP contribution in [-0.4, -0.2) is 51.0 Å². The molecule has 0 aliphatic carbocycles. The Bertz CT molecular complexity index is 1200. The van der Waals surface area contributed by atoms with Gasteiger partial charge in [0.25, 0.3) is 5.91 Å². The van der Waals surface area contributed by atoms with Gasteiger partial charge in [0.15, 0.2) is 23.9 Å². The number of ketones is 1. The molecule has 0 aliphatic heterocycles. The van der Waals surface area contributed by atoms with E-state index in [1.165, 1.54) is 11.0 Å². The normalized spacial score (nSPS) is 10.9. The average molecular weight is 512 g/mol. The SMILES string of the molecule is CCOc1cc(/C=C/C(=O)c2ccc3cc(OC)ccc3c2)cc(Br)c1OCC(=O)N(C)C. The van der Waals surface area contributed by atoms with E-state index >= 15 is 0 Å². The minimum Gasteiger partial charge on any atom is -0.497 e. The second kappa shape index (κ2) is 11.0. The molecule has 0 saturated carbocycles. The highest BCUT2D eigenvalue weighted by Crippen LogP contribution is 2.37. The molecule has 33 heavy (non-hydrogen) atoms. The van der Waals surface area contributed by atoms with E-state index in [9.17, 15) is 9.59 Å². The molecule has 0 fully saturated rings. The molecule has 7 heteroatoms. The molecule has 3 aromatic carbocycles. The molecule has 0 unspecified atom stereocenters. The summed E-state index contributed by atoms with van der Waals surface area (Å²) in [5.74, 6) is 1.44. The molecule has 3 rings (SSSR count). The molecule has 172 valence electrons. The van der Waals surface area contributed by atoms with Crippen molar-refractivity contribution < 1.29 is 23.8 Å². The van der Waals surface area contributed by atoms with E-state index in [-0.39, 0.29) is 18.3 Å². The van der Waals surface area contributed by atoms with Crippen molar-refractivity contribution in [2.45, 2.75) is 6.92 Å². The number of amides is 1. The number of carbonyl (C=O) groups is 2. The van der Waals surface area contributed by atoms with Crippen LogP contribution in [0.15, 0.2) is 59.1 Å². The highest BCUT2D eigenvalue weighted by Gasteiger charge is 2.14. The van der Waals surface area contributed by atoms with Crippen molar-refractivity contribution in [1.29, 1.82) is 0 Å². The van der Waals surface area contributed by atoms with E-state index in [1.807, 2.05) is 43.3 Å². The van der Waals surface area contributed by atoms with Gasteiger partial charge in [0, 0.05) is 19.7 Å². The third-order valence-corrected chi connectivity index (χ3v) is 5.52. The Labute approximate surface area is 201 Å². The van der Waals surface area contributed by atoms with Crippen molar-refractivity contribution in [2.24, 2.45) is 0 Å². The Morgan fingerprint density at radius 1 is 1.00 bits per heavy atom. The number of hydrogen-bond acceptors (Lipinski definition) is 5. The Morgan fingerprint density at radius 3 is 2.42 bits per heavy atom. The van der Waals surface area contributed by atoms with Crippen molar-refractivity contribution in [3.63, 3.8) is 0 Å². The molecule has 0 aliphatic rings. The van der Waals surface area contributed by atoms with Gasteiger partial charge in [-0.3, -0.25) is 9.59 Å². The van der Waals surface area contributed by atoms with Crippen LogP contribution in [0, 0.1) is 0 Å². The number of methoxy groups -OCH3 is 1. The smallest absolute Gasteiger partial charge is 0.259 e. The number of allylic oxidation sites excluding steroid dienone is 1. The number of likely N-dealkylation sites (N-methyl/N-ethyl adjacent to an activating group) is 1. The van der Waals surface area contributed by atoms with Gasteiger partial charge in [0.1, 0.15) is 5.75 Å². The van der Waals surface area contributed by atoms with E-state index in [2.05, 4.69) is 15.9 Å². The van der Waals surface area contributed by atoms with Crippen LogP contribution in [0.3, 0.4) is 0 Å². The first-order chi connectivity index (χ1) is 15.8. The quantitative estimate of drug-likeness (QED) is 0.285. The zero-order valence-electron chi connectivity index (χ0n) is 19.1. The molecule has 0 heterocycles. The maximum Gasteiger partial charge on any atom is 0.259 e. The molecule has 3 aromatic rings. The molecule has 6 nitrogen and oxygen atoms in total. The number of carbonyl (C=O) groups excluding carboxylic acids is 2. The highest BCUT2D eigenvalue weighted by molar-refractivity contribution is 9.10. The van der Waals surface area contributed by atoms with Crippen LogP contribution in [0.2, 0.25) is 0 Å². The molecule has 0 bridgehead atoms. The lowest BCUT2D eigenvalue weighted by Gasteiger charge is -2.16. The summed E-state index contributed by atoms with van der Waals surface area (Å²) in [5.41, 5.74) is 1.35. The minimum atomic E-state index is -0.159. The minimum absolute atomic E-state index is 0.104. The van der Waals surface area contributed by atoms with Gasteiger partial charge >= 0.3 is 0 Å². The maximum atomic E-state index is 12.8. The van der Waals surface area contributed by atoms with Crippen LogP contribution in [0.4, 0.5) is 0 Å². The molecule has 1 amide bonds. The monoisotopic (exact) mass is 511 g/mol. The van der Waals surface area contributed by atoms with Crippen LogP contribution in [0.5, 0.6) is 17.2 Å². The Hall–Kier alpha value is -3.32. The first-order valence-corrected chi connectivity index (χ1v) is 11.2. The zero-order valence-corrected chi connectivity index (χ0v) is 20.6. The fourth-order valence-corrected chi connectivity index (χ4v) is 3.70. The van der Waals surface area contributed by atoms with Crippen LogP contribution in [0.1, 0.15) is 22.8 Å². The lowest BCUT2D eigenvalue weighted by atomic mass is 10.0. The summed E-state index contributed by atoms with van der Waals surface area (Å²) < 4.78 is 17.3. The number of halogens is 1. The summed E-state index contributed by atoms with van der Waals surface area (Å²) in [5, 5.41) is 1.97. The van der Waals surface area contributed by atoms with Crippen molar-refractivity contribution >= 4 is 44.5 Å². The third-order valence-electron chi connectivity index (χ3n) is 4.93. The second-order valence-electron chi connectivity index (χ2n) is 7.47. The predicted octanol–water partition coefficient (Wildman–Crippen LogP) is 5.37. The summed E-state index contributed by atoms with van der Waals surface area (Å²) in [6.45, 7) is 2.19. The number of fused-ring (bicyclic) bond motifs is 1. The van der Waals surface area contributed by atoms with E-state index in [1.54, 1.807) is 39.4 Å². The van der Waals surface area contributed by atoms with E-state index < -0.39 is 0 Å². The van der Waals surface area contributed by atoms with Gasteiger partial charge in [0.2, 0.25) is 0 Å². The van der Waals surface area contributed by atoms with Gasteiger partial charge in [-0.2, -0.15) is 0 Å². The van der Waals surface area contributed by atoms with Gasteiger partial charge in [-0.25, -0.2) is 0 Å². The Kier molecular flexibility index (Phi) is 8.11. The van der Waals surface area contributed by atoms with Crippen molar-refractivity contribution in [1.82, 2.24) is 4.90 Å². The van der Waals surface area contributed by atoms with Crippen LogP contribution >= 0.6 is 15.9 Å². The summed E-state index contributed by atoms with van der Waals surface area (Å²) in [4.78, 5) is 26.1. The van der Waals surface area contributed by atoms with E-state index in [4.69, 9.17) is 14.2 Å². The summed E-state index contributed by atoms with van der Waals surface area (Å²) in [6.07, 6.45) is 3.25. The van der Waals surface area contributed by atoms with Gasteiger partial charge in [-0.1, -0.05) is 24.3 Å². The van der Waals surface area contributed by atoms with Crippen LogP contribution in [0.25, 0.3) is 16.8 Å². The maximum absolute atomic E-state index is 12.8.